The van der Waals surface area contributed by atoms with Gasteiger partial charge in [-0.2, -0.15) is 0 Å². The van der Waals surface area contributed by atoms with Crippen molar-refractivity contribution in [1.82, 2.24) is 10.2 Å². The van der Waals surface area contributed by atoms with Crippen LogP contribution >= 0.6 is 0 Å². The van der Waals surface area contributed by atoms with E-state index in [2.05, 4.69) is 5.32 Å². The number of phenols is 1. The van der Waals surface area contributed by atoms with Crippen LogP contribution in [0.4, 0.5) is 0 Å². The molecule has 0 saturated heterocycles. The first-order valence-electron chi connectivity index (χ1n) is 11.3. The van der Waals surface area contributed by atoms with Crippen LogP contribution in [0.5, 0.6) is 5.75 Å². The van der Waals surface area contributed by atoms with E-state index >= 15 is 0 Å². The number of hydrogen-bond donors (Lipinski definition) is 2. The maximum Gasteiger partial charge on any atom is 0.247 e. The van der Waals surface area contributed by atoms with Crippen LogP contribution in [-0.4, -0.2) is 27.9 Å². The van der Waals surface area contributed by atoms with Gasteiger partial charge < -0.3 is 15.3 Å². The van der Waals surface area contributed by atoms with E-state index in [0.717, 1.165) is 22.3 Å². The summed E-state index contributed by atoms with van der Waals surface area (Å²) in [4.78, 5) is 28.5. The molecule has 1 unspecified atom stereocenters. The molecule has 0 aliphatic carbocycles. The summed E-state index contributed by atoms with van der Waals surface area (Å²) < 4.78 is 0. The molecule has 0 aliphatic heterocycles. The minimum absolute atomic E-state index is 0.0847. The van der Waals surface area contributed by atoms with Gasteiger partial charge in [0.1, 0.15) is 11.8 Å². The number of carbonyl (C=O) groups is 2. The van der Waals surface area contributed by atoms with Gasteiger partial charge in [-0.3, -0.25) is 9.59 Å². The van der Waals surface area contributed by atoms with Crippen molar-refractivity contribution in [3.8, 4) is 5.75 Å². The van der Waals surface area contributed by atoms with Gasteiger partial charge in [-0.1, -0.05) is 72.3 Å². The number of aryl methyl sites for hydroxylation is 2. The molecule has 0 spiro atoms. The van der Waals surface area contributed by atoms with Crippen LogP contribution in [0.1, 0.15) is 48.6 Å². The molecule has 2 N–H and O–H groups in total. The highest BCUT2D eigenvalue weighted by Crippen LogP contribution is 2.26. The molecule has 2 amide bonds. The fourth-order valence-electron chi connectivity index (χ4n) is 3.84. The van der Waals surface area contributed by atoms with Gasteiger partial charge in [0.05, 0.1) is 0 Å². The van der Waals surface area contributed by atoms with Gasteiger partial charge in [0.15, 0.2) is 0 Å². The first-order chi connectivity index (χ1) is 15.8. The molecule has 5 heteroatoms. The van der Waals surface area contributed by atoms with Crippen LogP contribution in [0.25, 0.3) is 0 Å². The van der Waals surface area contributed by atoms with Crippen LogP contribution in [0.15, 0.2) is 78.9 Å². The lowest BCUT2D eigenvalue weighted by Crippen LogP contribution is -2.47. The molecule has 0 radical (unpaired) electrons. The highest BCUT2D eigenvalue weighted by Gasteiger charge is 2.32. The number of rotatable bonds is 9. The van der Waals surface area contributed by atoms with E-state index < -0.39 is 6.04 Å². The Morgan fingerprint density at radius 3 is 2.12 bits per heavy atom. The zero-order valence-corrected chi connectivity index (χ0v) is 19.5. The Morgan fingerprint density at radius 2 is 1.52 bits per heavy atom. The lowest BCUT2D eigenvalue weighted by Gasteiger charge is -2.35. The van der Waals surface area contributed by atoms with Gasteiger partial charge in [-0.25, -0.2) is 0 Å². The second kappa shape index (κ2) is 11.3. The Bertz CT molecular complexity index is 1040. The maximum atomic E-state index is 13.4. The highest BCUT2D eigenvalue weighted by atomic mass is 16.3. The Labute approximate surface area is 196 Å². The molecule has 5 nitrogen and oxygen atoms in total. The molecule has 0 fully saturated rings. The smallest absolute Gasteiger partial charge is 0.247 e. The molecule has 0 aromatic heterocycles. The predicted molar refractivity (Wildman–Crippen MR) is 131 cm³/mol. The van der Waals surface area contributed by atoms with Crippen molar-refractivity contribution in [3.05, 3.63) is 101 Å². The molecule has 33 heavy (non-hydrogen) atoms. The molecule has 3 aromatic carbocycles. The van der Waals surface area contributed by atoms with E-state index in [1.165, 1.54) is 0 Å². The van der Waals surface area contributed by atoms with Crippen molar-refractivity contribution in [3.63, 3.8) is 0 Å². The molecular formula is C28H32N2O3. The van der Waals surface area contributed by atoms with Gasteiger partial charge in [-0.05, 0) is 56.0 Å². The van der Waals surface area contributed by atoms with Crippen LogP contribution in [0.2, 0.25) is 0 Å². The fourth-order valence-corrected chi connectivity index (χ4v) is 3.84. The molecule has 0 heterocycles. The molecule has 1 atom stereocenters. The van der Waals surface area contributed by atoms with Crippen molar-refractivity contribution in [2.45, 2.75) is 52.2 Å². The second-order valence-electron chi connectivity index (χ2n) is 8.58. The third kappa shape index (κ3) is 6.69. The average molecular weight is 445 g/mol. The zero-order valence-electron chi connectivity index (χ0n) is 19.5. The monoisotopic (exact) mass is 444 g/mol. The van der Waals surface area contributed by atoms with Crippen molar-refractivity contribution >= 4 is 11.8 Å². The molecule has 0 aliphatic rings. The zero-order chi connectivity index (χ0) is 23.8. The quantitative estimate of drug-likeness (QED) is 0.492. The average Bonchev–Trinajstić information content (AvgIpc) is 2.81. The van der Waals surface area contributed by atoms with Gasteiger partial charge in [0.2, 0.25) is 11.8 Å². The number of phenolic OH excluding ortho intramolecular Hbond substituents is 1. The molecule has 0 bridgehead atoms. The van der Waals surface area contributed by atoms with Gasteiger partial charge in [-0.15, -0.1) is 0 Å². The predicted octanol–water partition coefficient (Wildman–Crippen LogP) is 4.93. The van der Waals surface area contributed by atoms with Crippen LogP contribution in [0, 0.1) is 6.92 Å². The van der Waals surface area contributed by atoms with E-state index in [9.17, 15) is 14.7 Å². The van der Waals surface area contributed by atoms with Crippen molar-refractivity contribution in [2.24, 2.45) is 0 Å². The summed E-state index contributed by atoms with van der Waals surface area (Å²) in [5.74, 6) is -0.0868. The molecular weight excluding hydrogens is 412 g/mol. The van der Waals surface area contributed by atoms with Crippen molar-refractivity contribution in [2.75, 3.05) is 0 Å². The third-order valence-corrected chi connectivity index (χ3v) is 5.64. The van der Waals surface area contributed by atoms with E-state index in [1.807, 2.05) is 87.5 Å². The van der Waals surface area contributed by atoms with Crippen LogP contribution in [-0.2, 0) is 22.6 Å². The summed E-state index contributed by atoms with van der Waals surface area (Å²) in [5.41, 5.74) is 3.85. The third-order valence-electron chi connectivity index (χ3n) is 5.64. The summed E-state index contributed by atoms with van der Waals surface area (Å²) in [6, 6.07) is 23.5. The van der Waals surface area contributed by atoms with Crippen molar-refractivity contribution in [1.29, 1.82) is 0 Å². The SMILES string of the molecule is Cc1ccc(C(C(=O)NCc2ccccc2)N(C(=O)CCc2ccc(O)cc2)C(C)C)cc1. The van der Waals surface area contributed by atoms with E-state index in [0.29, 0.717) is 13.0 Å². The van der Waals surface area contributed by atoms with Crippen LogP contribution < -0.4 is 5.32 Å². The maximum absolute atomic E-state index is 13.4. The summed E-state index contributed by atoms with van der Waals surface area (Å²) in [5, 5.41) is 12.5. The number of nitrogens with one attached hydrogen (secondary N) is 1. The Hall–Kier alpha value is -3.60. The topological polar surface area (TPSA) is 69.6 Å². The van der Waals surface area contributed by atoms with Gasteiger partial charge >= 0.3 is 0 Å². The normalized spacial score (nSPS) is 11.8. The van der Waals surface area contributed by atoms with Crippen LogP contribution in [0.3, 0.4) is 0 Å². The lowest BCUT2D eigenvalue weighted by molar-refractivity contribution is -0.143. The number of hydrogen-bond acceptors (Lipinski definition) is 3. The summed E-state index contributed by atoms with van der Waals surface area (Å²) in [7, 11) is 0. The Balaban J connectivity index is 1.82. The summed E-state index contributed by atoms with van der Waals surface area (Å²) in [6.07, 6.45) is 0.811. The minimum Gasteiger partial charge on any atom is -0.508 e. The number of aromatic hydroxyl groups is 1. The van der Waals surface area contributed by atoms with E-state index in [1.54, 1.807) is 17.0 Å². The number of amides is 2. The lowest BCUT2D eigenvalue weighted by atomic mass is 9.99. The molecule has 3 rings (SSSR count). The largest absolute Gasteiger partial charge is 0.508 e. The minimum atomic E-state index is -0.721. The number of carbonyl (C=O) groups excluding carboxylic acids is 2. The standard InChI is InChI=1S/C28H32N2O3/c1-20(2)30(26(32)18-13-22-11-16-25(31)17-12-22)27(24-14-9-21(3)10-15-24)28(33)29-19-23-7-5-4-6-8-23/h4-12,14-17,20,27,31H,13,18-19H2,1-3H3,(H,29,33). The molecule has 3 aromatic rings. The Kier molecular flexibility index (Phi) is 8.25. The molecule has 0 saturated carbocycles. The highest BCUT2D eigenvalue weighted by molar-refractivity contribution is 5.89. The van der Waals surface area contributed by atoms with Gasteiger partial charge in [0.25, 0.3) is 0 Å². The summed E-state index contributed by atoms with van der Waals surface area (Å²) >= 11 is 0. The van der Waals surface area contributed by atoms with E-state index in [4.69, 9.17) is 0 Å². The first-order valence-corrected chi connectivity index (χ1v) is 11.3. The Morgan fingerprint density at radius 1 is 0.879 bits per heavy atom. The number of nitrogens with zero attached hydrogens (tertiary/aromatic N) is 1. The first kappa shape index (κ1) is 24.1. The fraction of sp³-hybridized carbons (Fsp3) is 0.286. The van der Waals surface area contributed by atoms with E-state index in [-0.39, 0.29) is 30.0 Å². The summed E-state index contributed by atoms with van der Waals surface area (Å²) in [6.45, 7) is 6.27. The second-order valence-corrected chi connectivity index (χ2v) is 8.58. The number of benzene rings is 3. The van der Waals surface area contributed by atoms with Gasteiger partial charge in [0, 0.05) is 19.0 Å². The molecule has 172 valence electrons. The van der Waals surface area contributed by atoms with Crippen molar-refractivity contribution < 1.29 is 14.7 Å².